The number of carbonyl (C=O) groups excluding carboxylic acids is 2. The third kappa shape index (κ3) is 4.53. The van der Waals surface area contributed by atoms with Crippen LogP contribution in [-0.4, -0.2) is 76.9 Å². The van der Waals surface area contributed by atoms with Crippen LogP contribution in [0.3, 0.4) is 0 Å². The average molecular weight is 402 g/mol. The van der Waals surface area contributed by atoms with E-state index < -0.39 is 11.8 Å². The van der Waals surface area contributed by atoms with Gasteiger partial charge in [-0.15, -0.1) is 0 Å². The predicted octanol–water partition coefficient (Wildman–Crippen LogP) is 1.56. The second kappa shape index (κ2) is 9.26. The van der Waals surface area contributed by atoms with Gasteiger partial charge in [0.25, 0.3) is 0 Å². The number of hydrogen-bond acceptors (Lipinski definition) is 5. The fraction of sp³-hybridized carbons (Fsp3) is 0.571. The minimum absolute atomic E-state index is 0.101. The third-order valence-electron chi connectivity index (χ3n) is 5.64. The van der Waals surface area contributed by atoms with Gasteiger partial charge in [-0.2, -0.15) is 0 Å². The van der Waals surface area contributed by atoms with E-state index in [4.69, 9.17) is 4.42 Å². The van der Waals surface area contributed by atoms with E-state index in [9.17, 15) is 14.4 Å². The molecule has 0 aliphatic carbocycles. The first-order chi connectivity index (χ1) is 14.0. The van der Waals surface area contributed by atoms with Crippen LogP contribution in [0.5, 0.6) is 0 Å². The molecule has 8 nitrogen and oxygen atoms in total. The summed E-state index contributed by atoms with van der Waals surface area (Å²) < 4.78 is 6.69. The Hall–Kier alpha value is -2.61. The molecule has 1 unspecified atom stereocenters. The zero-order chi connectivity index (χ0) is 21.0. The van der Waals surface area contributed by atoms with Crippen LogP contribution in [0, 0.1) is 0 Å². The fourth-order valence-corrected chi connectivity index (χ4v) is 3.94. The van der Waals surface area contributed by atoms with Gasteiger partial charge in [0, 0.05) is 39.3 Å². The first-order valence-electron chi connectivity index (χ1n) is 10.3. The lowest BCUT2D eigenvalue weighted by molar-refractivity contribution is -0.134. The second-order valence-electron chi connectivity index (χ2n) is 7.40. The Bertz CT molecular complexity index is 915. The van der Waals surface area contributed by atoms with Crippen LogP contribution < -0.4 is 5.76 Å². The van der Waals surface area contributed by atoms with Gasteiger partial charge in [-0.1, -0.05) is 12.1 Å². The number of amides is 2. The fourth-order valence-electron chi connectivity index (χ4n) is 3.94. The van der Waals surface area contributed by atoms with Crippen LogP contribution in [-0.2, 0) is 9.59 Å². The number of rotatable bonds is 6. The maximum Gasteiger partial charge on any atom is 0.420 e. The molecule has 1 atom stereocenters. The molecule has 2 amide bonds. The molecule has 1 aliphatic rings. The standard InChI is InChI=1S/C21H30N4O4/c1-4-23(5-2)19(26)15-22-11-8-12-24(14-13-22)20(27)16(3)25-17-9-6-7-10-18(17)29-21(25)28/h6-7,9-10,16H,4-5,8,11-15H2,1-3H3. The van der Waals surface area contributed by atoms with Crippen molar-refractivity contribution >= 4 is 22.9 Å². The van der Waals surface area contributed by atoms with Crippen molar-refractivity contribution < 1.29 is 14.0 Å². The van der Waals surface area contributed by atoms with Gasteiger partial charge in [-0.05, 0) is 39.3 Å². The summed E-state index contributed by atoms with van der Waals surface area (Å²) in [5.41, 5.74) is 1.11. The molecule has 0 bridgehead atoms. The van der Waals surface area contributed by atoms with Gasteiger partial charge in [-0.25, -0.2) is 4.79 Å². The lowest BCUT2D eigenvalue weighted by Gasteiger charge is -2.26. The van der Waals surface area contributed by atoms with E-state index in [-0.39, 0.29) is 11.8 Å². The number of aromatic nitrogens is 1. The first kappa shape index (κ1) is 21.1. The average Bonchev–Trinajstić information content (AvgIpc) is 2.88. The Morgan fingerprint density at radius 2 is 1.83 bits per heavy atom. The van der Waals surface area contributed by atoms with Crippen molar-refractivity contribution in [3.05, 3.63) is 34.8 Å². The van der Waals surface area contributed by atoms with E-state index in [1.165, 1.54) is 4.57 Å². The number of nitrogens with zero attached hydrogens (tertiary/aromatic N) is 4. The third-order valence-corrected chi connectivity index (χ3v) is 5.64. The summed E-state index contributed by atoms with van der Waals surface area (Å²) in [5, 5.41) is 0. The molecular formula is C21H30N4O4. The van der Waals surface area contributed by atoms with Gasteiger partial charge < -0.3 is 14.2 Å². The van der Waals surface area contributed by atoms with E-state index in [0.717, 1.165) is 13.0 Å². The van der Waals surface area contributed by atoms with Gasteiger partial charge in [0.1, 0.15) is 6.04 Å². The summed E-state index contributed by atoms with van der Waals surface area (Å²) in [6.07, 6.45) is 0.797. The number of oxazole rings is 1. The van der Waals surface area contributed by atoms with E-state index in [1.54, 1.807) is 30.0 Å². The van der Waals surface area contributed by atoms with Gasteiger partial charge in [-0.3, -0.25) is 19.1 Å². The van der Waals surface area contributed by atoms with Crippen molar-refractivity contribution in [1.29, 1.82) is 0 Å². The summed E-state index contributed by atoms with van der Waals surface area (Å²) in [7, 11) is 0. The van der Waals surface area contributed by atoms with Crippen molar-refractivity contribution in [2.75, 3.05) is 45.8 Å². The van der Waals surface area contributed by atoms with Crippen molar-refractivity contribution in [2.24, 2.45) is 0 Å². The molecule has 0 radical (unpaired) electrons. The Labute approximate surface area is 170 Å². The van der Waals surface area contributed by atoms with Crippen LogP contribution in [0.2, 0.25) is 0 Å². The van der Waals surface area contributed by atoms with Crippen LogP contribution in [0.1, 0.15) is 33.2 Å². The van der Waals surface area contributed by atoms with Crippen LogP contribution in [0.25, 0.3) is 11.1 Å². The Morgan fingerprint density at radius 3 is 2.55 bits per heavy atom. The first-order valence-corrected chi connectivity index (χ1v) is 10.3. The number of benzene rings is 1. The van der Waals surface area contributed by atoms with Gasteiger partial charge in [0.2, 0.25) is 11.8 Å². The molecule has 0 N–H and O–H groups in total. The molecule has 2 heterocycles. The SMILES string of the molecule is CCN(CC)C(=O)CN1CCCN(C(=O)C(C)n2c(=O)oc3ccccc32)CC1. The molecule has 158 valence electrons. The lowest BCUT2D eigenvalue weighted by Crippen LogP contribution is -2.43. The van der Waals surface area contributed by atoms with Crippen LogP contribution in [0.15, 0.2) is 33.5 Å². The number of carbonyl (C=O) groups is 2. The van der Waals surface area contributed by atoms with Crippen molar-refractivity contribution in [3.8, 4) is 0 Å². The highest BCUT2D eigenvalue weighted by atomic mass is 16.4. The minimum Gasteiger partial charge on any atom is -0.408 e. The molecule has 2 aromatic rings. The van der Waals surface area contributed by atoms with Crippen molar-refractivity contribution in [3.63, 3.8) is 0 Å². The summed E-state index contributed by atoms with van der Waals surface area (Å²) in [5.74, 6) is -0.497. The van der Waals surface area contributed by atoms with Gasteiger partial charge >= 0.3 is 5.76 Å². The topological polar surface area (TPSA) is 79.0 Å². The van der Waals surface area contributed by atoms with Gasteiger partial charge in [0.15, 0.2) is 5.58 Å². The van der Waals surface area contributed by atoms with E-state index in [0.29, 0.717) is 50.4 Å². The summed E-state index contributed by atoms with van der Waals surface area (Å²) in [4.78, 5) is 43.5. The summed E-state index contributed by atoms with van der Waals surface area (Å²) in [6.45, 7) is 10.1. The molecule has 1 aromatic heterocycles. The molecule has 1 saturated heterocycles. The highest BCUT2D eigenvalue weighted by Gasteiger charge is 2.28. The number of para-hydroxylation sites is 2. The van der Waals surface area contributed by atoms with Gasteiger partial charge in [0.05, 0.1) is 12.1 Å². The normalized spacial score (nSPS) is 16.6. The highest BCUT2D eigenvalue weighted by Crippen LogP contribution is 2.19. The second-order valence-corrected chi connectivity index (χ2v) is 7.40. The van der Waals surface area contributed by atoms with Crippen molar-refractivity contribution in [2.45, 2.75) is 33.2 Å². The smallest absolute Gasteiger partial charge is 0.408 e. The number of likely N-dealkylation sites (N-methyl/N-ethyl adjacent to an activating group) is 1. The summed E-state index contributed by atoms with van der Waals surface area (Å²) >= 11 is 0. The largest absolute Gasteiger partial charge is 0.420 e. The molecule has 3 rings (SSSR count). The molecule has 1 aromatic carbocycles. The Morgan fingerprint density at radius 1 is 1.10 bits per heavy atom. The zero-order valence-corrected chi connectivity index (χ0v) is 17.5. The quantitative estimate of drug-likeness (QED) is 0.733. The van der Waals surface area contributed by atoms with Crippen LogP contribution in [0.4, 0.5) is 0 Å². The summed E-state index contributed by atoms with van der Waals surface area (Å²) in [6, 6.07) is 6.48. The molecule has 0 saturated carbocycles. The highest BCUT2D eigenvalue weighted by molar-refractivity contribution is 5.83. The lowest BCUT2D eigenvalue weighted by atomic mass is 10.2. The molecule has 8 heteroatoms. The Kier molecular flexibility index (Phi) is 6.74. The molecule has 29 heavy (non-hydrogen) atoms. The molecule has 1 aliphatic heterocycles. The maximum atomic E-state index is 13.1. The number of hydrogen-bond donors (Lipinski definition) is 0. The van der Waals surface area contributed by atoms with Crippen molar-refractivity contribution in [1.82, 2.24) is 19.3 Å². The van der Waals surface area contributed by atoms with Crippen LogP contribution >= 0.6 is 0 Å². The maximum absolute atomic E-state index is 13.1. The van der Waals surface area contributed by atoms with E-state index in [2.05, 4.69) is 4.90 Å². The Balaban J connectivity index is 1.67. The molecule has 1 fully saturated rings. The van der Waals surface area contributed by atoms with E-state index in [1.807, 2.05) is 24.8 Å². The monoisotopic (exact) mass is 402 g/mol. The predicted molar refractivity (Wildman–Crippen MR) is 111 cm³/mol. The van der Waals surface area contributed by atoms with E-state index >= 15 is 0 Å². The number of fused-ring (bicyclic) bond motifs is 1. The molecular weight excluding hydrogens is 372 g/mol. The molecule has 0 spiro atoms. The zero-order valence-electron chi connectivity index (χ0n) is 17.5. The minimum atomic E-state index is -0.644.